The first-order valence-electron chi connectivity index (χ1n) is 10.3. The lowest BCUT2D eigenvalue weighted by atomic mass is 9.88. The zero-order valence-electron chi connectivity index (χ0n) is 19.6. The van der Waals surface area contributed by atoms with E-state index in [9.17, 15) is 10.1 Å². The number of furan rings is 1. The Kier molecular flexibility index (Phi) is 6.59. The Balaban J connectivity index is 1.86. The van der Waals surface area contributed by atoms with Gasteiger partial charge >= 0.3 is 0 Å². The molecule has 0 aliphatic heterocycles. The molecule has 0 saturated heterocycles. The first-order valence-corrected chi connectivity index (χ1v) is 10.3. The van der Waals surface area contributed by atoms with E-state index in [0.717, 1.165) is 0 Å². The number of nitriles is 1. The van der Waals surface area contributed by atoms with E-state index in [0.29, 0.717) is 29.4 Å². The number of nitrogens with zero attached hydrogens (tertiary/aromatic N) is 1. The van der Waals surface area contributed by atoms with Crippen LogP contribution in [0.4, 0.5) is 5.69 Å². The zero-order valence-corrected chi connectivity index (χ0v) is 19.6. The van der Waals surface area contributed by atoms with E-state index in [1.807, 2.05) is 6.07 Å². The number of rotatable bonds is 6. The molecule has 0 aliphatic rings. The first-order chi connectivity index (χ1) is 15.2. The smallest absolute Gasteiger partial charge is 0.291 e. The number of carbonyl (C=O) groups excluding carboxylic acids is 1. The predicted molar refractivity (Wildman–Crippen MR) is 124 cm³/mol. The van der Waals surface area contributed by atoms with Gasteiger partial charge in [0.15, 0.2) is 17.3 Å². The molecular weight excluding hydrogens is 404 g/mol. The fourth-order valence-electron chi connectivity index (χ4n) is 3.87. The van der Waals surface area contributed by atoms with Gasteiger partial charge in [-0.05, 0) is 80.1 Å². The molecule has 1 heterocycles. The lowest BCUT2D eigenvalue weighted by Gasteiger charge is -2.18. The van der Waals surface area contributed by atoms with Crippen molar-refractivity contribution in [1.82, 2.24) is 0 Å². The van der Waals surface area contributed by atoms with Crippen LogP contribution < -0.4 is 14.8 Å². The molecule has 1 aromatic heterocycles. The molecule has 1 amide bonds. The summed E-state index contributed by atoms with van der Waals surface area (Å²) in [6, 6.07) is 8.61. The lowest BCUT2D eigenvalue weighted by molar-refractivity contribution is 0.0995. The maximum absolute atomic E-state index is 12.8. The highest BCUT2D eigenvalue weighted by Gasteiger charge is 2.18. The first kappa shape index (κ1) is 23.0. The summed E-state index contributed by atoms with van der Waals surface area (Å²) < 4.78 is 16.4. The van der Waals surface area contributed by atoms with Gasteiger partial charge in [-0.15, -0.1) is 0 Å². The Bertz CT molecular complexity index is 1200. The maximum Gasteiger partial charge on any atom is 0.291 e. The van der Waals surface area contributed by atoms with Crippen LogP contribution in [-0.4, -0.2) is 20.1 Å². The minimum atomic E-state index is -0.440. The standard InChI is InChI=1S/C26H28N2O4/c1-14-15(2)17(4)21(18(5)16(14)3)11-20-8-9-23(32-20)26(29)28-22-12-25(31-7)24(30-6)10-19(22)13-27/h8-10,12H,11H2,1-7H3,(H,28,29). The summed E-state index contributed by atoms with van der Waals surface area (Å²) in [4.78, 5) is 12.8. The highest BCUT2D eigenvalue weighted by atomic mass is 16.5. The van der Waals surface area contributed by atoms with Gasteiger partial charge in [0, 0.05) is 18.6 Å². The van der Waals surface area contributed by atoms with Crippen molar-refractivity contribution < 1.29 is 18.7 Å². The van der Waals surface area contributed by atoms with Crippen molar-refractivity contribution in [1.29, 1.82) is 5.26 Å². The van der Waals surface area contributed by atoms with Crippen molar-refractivity contribution >= 4 is 11.6 Å². The average molecular weight is 433 g/mol. The van der Waals surface area contributed by atoms with Crippen LogP contribution in [0, 0.1) is 45.9 Å². The largest absolute Gasteiger partial charge is 0.493 e. The lowest BCUT2D eigenvalue weighted by Crippen LogP contribution is -2.12. The minimum Gasteiger partial charge on any atom is -0.493 e. The van der Waals surface area contributed by atoms with Crippen molar-refractivity contribution in [2.75, 3.05) is 19.5 Å². The molecule has 6 heteroatoms. The number of hydrogen-bond donors (Lipinski definition) is 1. The van der Waals surface area contributed by atoms with E-state index in [4.69, 9.17) is 13.9 Å². The van der Waals surface area contributed by atoms with Gasteiger partial charge < -0.3 is 19.2 Å². The third-order valence-corrected chi connectivity index (χ3v) is 6.28. The molecule has 0 spiro atoms. The molecule has 166 valence electrons. The number of ether oxygens (including phenoxy) is 2. The number of amides is 1. The second-order valence-corrected chi connectivity index (χ2v) is 7.86. The van der Waals surface area contributed by atoms with Crippen molar-refractivity contribution in [2.45, 2.75) is 41.0 Å². The van der Waals surface area contributed by atoms with Crippen LogP contribution in [0.15, 0.2) is 28.7 Å². The fourth-order valence-corrected chi connectivity index (χ4v) is 3.87. The van der Waals surface area contributed by atoms with Crippen molar-refractivity contribution in [3.63, 3.8) is 0 Å². The third kappa shape index (κ3) is 4.19. The molecule has 0 fully saturated rings. The molecule has 0 aliphatic carbocycles. The van der Waals surface area contributed by atoms with Crippen LogP contribution in [0.2, 0.25) is 0 Å². The highest BCUT2D eigenvalue weighted by molar-refractivity contribution is 6.03. The van der Waals surface area contributed by atoms with Crippen molar-refractivity contribution in [3.05, 3.63) is 74.7 Å². The van der Waals surface area contributed by atoms with Gasteiger partial charge in [-0.1, -0.05) is 0 Å². The summed E-state index contributed by atoms with van der Waals surface area (Å²) in [6.07, 6.45) is 0.604. The molecule has 1 N–H and O–H groups in total. The Morgan fingerprint density at radius 3 is 2.06 bits per heavy atom. The molecule has 2 aromatic carbocycles. The van der Waals surface area contributed by atoms with Crippen LogP contribution >= 0.6 is 0 Å². The van der Waals surface area contributed by atoms with E-state index in [2.05, 4.69) is 46.0 Å². The van der Waals surface area contributed by atoms with Crippen LogP contribution in [0.1, 0.15) is 55.3 Å². The topological polar surface area (TPSA) is 84.5 Å². The maximum atomic E-state index is 12.8. The highest BCUT2D eigenvalue weighted by Crippen LogP contribution is 2.33. The van der Waals surface area contributed by atoms with E-state index in [1.54, 1.807) is 12.1 Å². The summed E-state index contributed by atoms with van der Waals surface area (Å²) in [5.74, 6) is 1.27. The van der Waals surface area contributed by atoms with Gasteiger partial charge in [0.2, 0.25) is 0 Å². The third-order valence-electron chi connectivity index (χ3n) is 6.28. The number of benzene rings is 2. The Hall–Kier alpha value is -3.72. The summed E-state index contributed by atoms with van der Waals surface area (Å²) in [7, 11) is 2.98. The molecule has 0 atom stereocenters. The number of methoxy groups -OCH3 is 2. The molecular formula is C26H28N2O4. The Morgan fingerprint density at radius 2 is 1.50 bits per heavy atom. The van der Waals surface area contributed by atoms with Gasteiger partial charge in [-0.25, -0.2) is 0 Å². The molecule has 0 unspecified atom stereocenters. The van der Waals surface area contributed by atoms with Gasteiger partial charge in [-0.3, -0.25) is 4.79 Å². The van der Waals surface area contributed by atoms with Gasteiger partial charge in [-0.2, -0.15) is 5.26 Å². The minimum absolute atomic E-state index is 0.175. The molecule has 0 radical (unpaired) electrons. The van der Waals surface area contributed by atoms with Gasteiger partial charge in [0.25, 0.3) is 5.91 Å². The van der Waals surface area contributed by atoms with Crippen LogP contribution in [0.25, 0.3) is 0 Å². The van der Waals surface area contributed by atoms with Gasteiger partial charge in [0.05, 0.1) is 25.5 Å². The van der Waals surface area contributed by atoms with Crippen LogP contribution in [0.3, 0.4) is 0 Å². The molecule has 0 bridgehead atoms. The Morgan fingerprint density at radius 1 is 0.938 bits per heavy atom. The average Bonchev–Trinajstić information content (AvgIpc) is 3.27. The SMILES string of the molecule is COc1cc(C#N)c(NC(=O)c2ccc(Cc3c(C)c(C)c(C)c(C)c3C)o2)cc1OC. The van der Waals surface area contributed by atoms with Gasteiger partial charge in [0.1, 0.15) is 11.8 Å². The van der Waals surface area contributed by atoms with Crippen LogP contribution in [0.5, 0.6) is 11.5 Å². The molecule has 0 saturated carbocycles. The van der Waals surface area contributed by atoms with E-state index in [1.165, 1.54) is 53.7 Å². The second kappa shape index (κ2) is 9.19. The summed E-state index contributed by atoms with van der Waals surface area (Å²) in [6.45, 7) is 10.7. The molecule has 32 heavy (non-hydrogen) atoms. The Labute approximate surface area is 188 Å². The number of carbonyl (C=O) groups is 1. The van der Waals surface area contributed by atoms with Crippen LogP contribution in [-0.2, 0) is 6.42 Å². The quantitative estimate of drug-likeness (QED) is 0.552. The zero-order chi connectivity index (χ0) is 23.6. The molecule has 3 rings (SSSR count). The summed E-state index contributed by atoms with van der Waals surface area (Å²) in [5, 5.41) is 12.2. The van der Waals surface area contributed by atoms with Crippen molar-refractivity contribution in [3.8, 4) is 17.6 Å². The molecule has 3 aromatic rings. The number of anilines is 1. The fraction of sp³-hybridized carbons (Fsp3) is 0.308. The summed E-state index contributed by atoms with van der Waals surface area (Å²) >= 11 is 0. The monoisotopic (exact) mass is 432 g/mol. The normalized spacial score (nSPS) is 10.6. The van der Waals surface area contributed by atoms with Crippen molar-refractivity contribution in [2.24, 2.45) is 0 Å². The van der Waals surface area contributed by atoms with E-state index < -0.39 is 5.91 Å². The predicted octanol–water partition coefficient (Wildman–Crippen LogP) is 5.55. The second-order valence-electron chi connectivity index (χ2n) is 7.86. The van der Waals surface area contributed by atoms with E-state index in [-0.39, 0.29) is 11.3 Å². The number of nitrogens with one attached hydrogen (secondary N) is 1. The number of hydrogen-bond acceptors (Lipinski definition) is 5. The summed E-state index contributed by atoms with van der Waals surface area (Å²) in [5.41, 5.74) is 8.18. The molecule has 6 nitrogen and oxygen atoms in total. The van der Waals surface area contributed by atoms with E-state index >= 15 is 0 Å².